The summed E-state index contributed by atoms with van der Waals surface area (Å²) >= 11 is 0. The van der Waals surface area contributed by atoms with Gasteiger partial charge in [0.15, 0.2) is 11.5 Å². The summed E-state index contributed by atoms with van der Waals surface area (Å²) in [7, 11) is 4.51. The number of nitrogens with zero attached hydrogens (tertiary/aromatic N) is 1. The number of hydrogen-bond acceptors (Lipinski definition) is 5. The van der Waals surface area contributed by atoms with E-state index < -0.39 is 0 Å². The lowest BCUT2D eigenvalue weighted by molar-refractivity contribution is 0.0954. The summed E-state index contributed by atoms with van der Waals surface area (Å²) in [6.45, 7) is 3.95. The van der Waals surface area contributed by atoms with Gasteiger partial charge < -0.3 is 14.2 Å². The highest BCUT2D eigenvalue weighted by atomic mass is 16.5. The van der Waals surface area contributed by atoms with Crippen LogP contribution in [0.4, 0.5) is 0 Å². The number of hydrazone groups is 1. The van der Waals surface area contributed by atoms with E-state index in [2.05, 4.69) is 29.6 Å². The number of nitrogens with one attached hydrogen (secondary N) is 1. The molecule has 0 atom stereocenters. The second-order valence-electron chi connectivity index (χ2n) is 5.60. The molecule has 0 heterocycles. The van der Waals surface area contributed by atoms with E-state index in [1.807, 2.05) is 19.1 Å². The third-order valence-electron chi connectivity index (χ3n) is 4.03. The normalized spacial score (nSPS) is 11.0. The fourth-order valence-corrected chi connectivity index (χ4v) is 2.46. The minimum absolute atomic E-state index is 0.359. The van der Waals surface area contributed by atoms with E-state index in [-0.39, 0.29) is 5.91 Å². The van der Waals surface area contributed by atoms with Crippen LogP contribution in [0.25, 0.3) is 0 Å². The Labute approximate surface area is 153 Å². The Morgan fingerprint density at radius 1 is 0.962 bits per heavy atom. The number of carbonyl (C=O) groups excluding carboxylic acids is 1. The van der Waals surface area contributed by atoms with Gasteiger partial charge in [-0.2, -0.15) is 5.10 Å². The van der Waals surface area contributed by atoms with Gasteiger partial charge in [-0.25, -0.2) is 5.43 Å². The number of methoxy groups -OCH3 is 3. The van der Waals surface area contributed by atoms with E-state index in [1.54, 1.807) is 12.1 Å². The van der Waals surface area contributed by atoms with Crippen molar-refractivity contribution in [3.63, 3.8) is 0 Å². The molecule has 6 nitrogen and oxygen atoms in total. The summed E-state index contributed by atoms with van der Waals surface area (Å²) in [6, 6.07) is 11.2. The van der Waals surface area contributed by atoms with E-state index in [9.17, 15) is 4.79 Å². The van der Waals surface area contributed by atoms with Gasteiger partial charge in [-0.15, -0.1) is 0 Å². The van der Waals surface area contributed by atoms with Crippen LogP contribution in [-0.2, 0) is 6.42 Å². The van der Waals surface area contributed by atoms with Crippen LogP contribution in [-0.4, -0.2) is 32.9 Å². The van der Waals surface area contributed by atoms with Crippen molar-refractivity contribution in [2.75, 3.05) is 21.3 Å². The molecule has 6 heteroatoms. The third kappa shape index (κ3) is 4.33. The van der Waals surface area contributed by atoms with Gasteiger partial charge in [0.2, 0.25) is 5.75 Å². The second kappa shape index (κ2) is 8.89. The van der Waals surface area contributed by atoms with Crippen molar-refractivity contribution in [1.82, 2.24) is 5.43 Å². The van der Waals surface area contributed by atoms with Gasteiger partial charge in [0.1, 0.15) is 0 Å². The first-order valence-corrected chi connectivity index (χ1v) is 8.28. The summed E-state index contributed by atoms with van der Waals surface area (Å²) in [5.74, 6) is 0.886. The molecule has 0 aliphatic rings. The molecule has 0 fully saturated rings. The van der Waals surface area contributed by atoms with Crippen LogP contribution in [0.5, 0.6) is 17.2 Å². The largest absolute Gasteiger partial charge is 0.493 e. The van der Waals surface area contributed by atoms with Crippen LogP contribution in [0, 0.1) is 0 Å². The molecule has 26 heavy (non-hydrogen) atoms. The van der Waals surface area contributed by atoms with Crippen molar-refractivity contribution in [2.45, 2.75) is 20.3 Å². The molecule has 0 saturated heterocycles. The smallest absolute Gasteiger partial charge is 0.271 e. The molecule has 0 radical (unpaired) electrons. The average Bonchev–Trinajstić information content (AvgIpc) is 2.70. The van der Waals surface area contributed by atoms with Crippen molar-refractivity contribution in [1.29, 1.82) is 0 Å². The lowest BCUT2D eigenvalue weighted by atomic mass is 10.1. The number of rotatable bonds is 7. The Morgan fingerprint density at radius 3 is 2.00 bits per heavy atom. The highest BCUT2D eigenvalue weighted by Crippen LogP contribution is 2.38. The van der Waals surface area contributed by atoms with E-state index in [4.69, 9.17) is 14.2 Å². The Bertz CT molecular complexity index is 773. The first kappa shape index (κ1) is 19.3. The van der Waals surface area contributed by atoms with Crippen molar-refractivity contribution < 1.29 is 19.0 Å². The second-order valence-corrected chi connectivity index (χ2v) is 5.60. The summed E-state index contributed by atoms with van der Waals surface area (Å²) in [4.78, 5) is 12.4. The van der Waals surface area contributed by atoms with Crippen LogP contribution >= 0.6 is 0 Å². The zero-order chi connectivity index (χ0) is 19.1. The minimum Gasteiger partial charge on any atom is -0.493 e. The number of ether oxygens (including phenoxy) is 3. The third-order valence-corrected chi connectivity index (χ3v) is 4.03. The number of amides is 1. The Hall–Kier alpha value is -3.02. The van der Waals surface area contributed by atoms with Crippen molar-refractivity contribution in [3.8, 4) is 17.2 Å². The maximum Gasteiger partial charge on any atom is 0.271 e. The van der Waals surface area contributed by atoms with Crippen LogP contribution < -0.4 is 19.6 Å². The number of benzene rings is 2. The molecule has 2 aromatic carbocycles. The SMILES string of the molecule is CCc1ccc(/C(C)=N\NC(=O)c2cc(OC)c(OC)c(OC)c2)cc1. The first-order valence-electron chi connectivity index (χ1n) is 8.28. The standard InChI is InChI=1S/C20H24N2O4/c1-6-14-7-9-15(10-8-14)13(2)21-22-20(23)16-11-17(24-3)19(26-5)18(12-16)25-4/h7-12H,6H2,1-5H3,(H,22,23)/b21-13-. The molecule has 1 N–H and O–H groups in total. The molecule has 0 unspecified atom stereocenters. The summed E-state index contributed by atoms with van der Waals surface area (Å²) in [6.07, 6.45) is 0.980. The van der Waals surface area contributed by atoms with Crippen LogP contribution in [0.2, 0.25) is 0 Å². The molecular weight excluding hydrogens is 332 g/mol. The lowest BCUT2D eigenvalue weighted by Gasteiger charge is -2.13. The van der Waals surface area contributed by atoms with Gasteiger partial charge in [-0.3, -0.25) is 4.79 Å². The molecule has 138 valence electrons. The van der Waals surface area contributed by atoms with Crippen molar-refractivity contribution >= 4 is 11.6 Å². The minimum atomic E-state index is -0.367. The Balaban J connectivity index is 2.20. The first-order chi connectivity index (χ1) is 12.5. The van der Waals surface area contributed by atoms with Crippen molar-refractivity contribution in [3.05, 3.63) is 53.1 Å². The molecule has 0 aliphatic heterocycles. The molecule has 2 aromatic rings. The topological polar surface area (TPSA) is 69.2 Å². The molecule has 0 bridgehead atoms. The van der Waals surface area contributed by atoms with Gasteiger partial charge >= 0.3 is 0 Å². The van der Waals surface area contributed by atoms with Gasteiger partial charge in [0, 0.05) is 5.56 Å². The fourth-order valence-electron chi connectivity index (χ4n) is 2.46. The highest BCUT2D eigenvalue weighted by molar-refractivity contribution is 6.01. The maximum absolute atomic E-state index is 12.4. The van der Waals surface area contributed by atoms with E-state index >= 15 is 0 Å². The van der Waals surface area contributed by atoms with Crippen molar-refractivity contribution in [2.24, 2.45) is 5.10 Å². The van der Waals surface area contributed by atoms with E-state index in [1.165, 1.54) is 26.9 Å². The number of aryl methyl sites for hydroxylation is 1. The summed E-state index contributed by atoms with van der Waals surface area (Å²) < 4.78 is 15.8. The molecule has 0 spiro atoms. The molecule has 0 aliphatic carbocycles. The van der Waals surface area contributed by atoms with Gasteiger partial charge in [0.25, 0.3) is 5.91 Å². The molecule has 1 amide bonds. The van der Waals surface area contributed by atoms with E-state index in [0.29, 0.717) is 28.5 Å². The predicted octanol–water partition coefficient (Wildman–Crippen LogP) is 3.43. The molecular formula is C20H24N2O4. The quantitative estimate of drug-likeness (QED) is 0.610. The molecule has 0 saturated carbocycles. The van der Waals surface area contributed by atoms with Crippen LogP contribution in [0.3, 0.4) is 0 Å². The highest BCUT2D eigenvalue weighted by Gasteiger charge is 2.16. The zero-order valence-electron chi connectivity index (χ0n) is 15.8. The van der Waals surface area contributed by atoms with Crippen LogP contribution in [0.15, 0.2) is 41.5 Å². The molecule has 0 aromatic heterocycles. The summed E-state index contributed by atoms with van der Waals surface area (Å²) in [5, 5.41) is 4.18. The fraction of sp³-hybridized carbons (Fsp3) is 0.300. The van der Waals surface area contributed by atoms with E-state index in [0.717, 1.165) is 12.0 Å². The Kier molecular flexibility index (Phi) is 6.60. The van der Waals surface area contributed by atoms with Gasteiger partial charge in [-0.1, -0.05) is 31.2 Å². The van der Waals surface area contributed by atoms with Gasteiger partial charge in [0.05, 0.1) is 27.0 Å². The monoisotopic (exact) mass is 356 g/mol. The average molecular weight is 356 g/mol. The number of hydrogen-bond donors (Lipinski definition) is 1. The number of carbonyl (C=O) groups is 1. The lowest BCUT2D eigenvalue weighted by Crippen LogP contribution is -2.19. The Morgan fingerprint density at radius 2 is 1.54 bits per heavy atom. The predicted molar refractivity (Wildman–Crippen MR) is 102 cm³/mol. The maximum atomic E-state index is 12.4. The van der Waals surface area contributed by atoms with Crippen LogP contribution in [0.1, 0.15) is 35.3 Å². The molecule has 2 rings (SSSR count). The van der Waals surface area contributed by atoms with Gasteiger partial charge in [-0.05, 0) is 36.6 Å². The zero-order valence-corrected chi connectivity index (χ0v) is 15.8. The summed E-state index contributed by atoms with van der Waals surface area (Å²) in [5.41, 5.74) is 5.84.